The van der Waals surface area contributed by atoms with Gasteiger partial charge in [0.1, 0.15) is 0 Å². The van der Waals surface area contributed by atoms with Crippen LogP contribution >= 0.6 is 35.7 Å². The van der Waals surface area contributed by atoms with Gasteiger partial charge in [0.15, 0.2) is 5.96 Å². The predicted molar refractivity (Wildman–Crippen MR) is 133 cm³/mol. The highest BCUT2D eigenvalue weighted by Gasteiger charge is 2.05. The predicted octanol–water partition coefficient (Wildman–Crippen LogP) is 4.53. The molecule has 154 valence electrons. The summed E-state index contributed by atoms with van der Waals surface area (Å²) in [5, 5.41) is 11.1. The number of aromatic nitrogens is 2. The van der Waals surface area contributed by atoms with Gasteiger partial charge >= 0.3 is 0 Å². The van der Waals surface area contributed by atoms with Gasteiger partial charge < -0.3 is 10.6 Å². The molecule has 2 N–H and O–H groups in total. The van der Waals surface area contributed by atoms with Crippen LogP contribution in [0.5, 0.6) is 0 Å². The molecular weight excluding hydrogens is 493 g/mol. The number of guanidine groups is 1. The minimum Gasteiger partial charge on any atom is -0.357 e. The van der Waals surface area contributed by atoms with Crippen molar-refractivity contribution in [3.63, 3.8) is 0 Å². The Morgan fingerprint density at radius 3 is 2.45 bits per heavy atom. The summed E-state index contributed by atoms with van der Waals surface area (Å²) in [5.41, 5.74) is 3.70. The molecule has 3 aromatic rings. The lowest BCUT2D eigenvalue weighted by Crippen LogP contribution is -2.37. The number of thioether (sulfide) groups is 1. The Kier molecular flexibility index (Phi) is 10.1. The Labute approximate surface area is 194 Å². The van der Waals surface area contributed by atoms with E-state index in [1.807, 2.05) is 23.1 Å². The van der Waals surface area contributed by atoms with Crippen LogP contribution in [0.1, 0.15) is 23.6 Å². The van der Waals surface area contributed by atoms with Crippen molar-refractivity contribution in [2.45, 2.75) is 31.5 Å². The van der Waals surface area contributed by atoms with Gasteiger partial charge in [-0.25, -0.2) is 4.99 Å². The van der Waals surface area contributed by atoms with Gasteiger partial charge in [0.05, 0.1) is 13.1 Å². The summed E-state index contributed by atoms with van der Waals surface area (Å²) in [6.45, 7) is 5.04. The lowest BCUT2D eigenvalue weighted by atomic mass is 10.1. The maximum absolute atomic E-state index is 4.73. The normalized spacial score (nSPS) is 11.0. The summed E-state index contributed by atoms with van der Waals surface area (Å²) < 4.78 is 1.94. The van der Waals surface area contributed by atoms with Crippen molar-refractivity contribution in [2.75, 3.05) is 12.8 Å². The first-order valence-corrected chi connectivity index (χ1v) is 10.7. The van der Waals surface area contributed by atoms with Crippen LogP contribution in [0.25, 0.3) is 0 Å². The molecule has 5 nitrogen and oxygen atoms in total. The molecule has 0 saturated carbocycles. The van der Waals surface area contributed by atoms with Crippen LogP contribution in [-0.4, -0.2) is 28.5 Å². The fourth-order valence-corrected chi connectivity index (χ4v) is 3.28. The summed E-state index contributed by atoms with van der Waals surface area (Å²) in [4.78, 5) is 6.00. The molecule has 0 atom stereocenters. The molecule has 0 radical (unpaired) electrons. The van der Waals surface area contributed by atoms with Gasteiger partial charge in [-0.15, -0.1) is 35.7 Å². The van der Waals surface area contributed by atoms with E-state index in [1.165, 1.54) is 21.6 Å². The zero-order chi connectivity index (χ0) is 19.6. The van der Waals surface area contributed by atoms with Crippen molar-refractivity contribution in [1.82, 2.24) is 20.4 Å². The van der Waals surface area contributed by atoms with Crippen molar-refractivity contribution < 1.29 is 0 Å². The third-order valence-electron chi connectivity index (χ3n) is 4.38. The van der Waals surface area contributed by atoms with Crippen molar-refractivity contribution >= 4 is 41.7 Å². The topological polar surface area (TPSA) is 54.2 Å². The van der Waals surface area contributed by atoms with Gasteiger partial charge in [-0.1, -0.05) is 36.4 Å². The Morgan fingerprint density at radius 1 is 1.03 bits per heavy atom. The lowest BCUT2D eigenvalue weighted by molar-refractivity contribution is 0.677. The van der Waals surface area contributed by atoms with Crippen molar-refractivity contribution in [1.29, 1.82) is 0 Å². The molecule has 1 aromatic heterocycles. The maximum atomic E-state index is 4.73. The molecule has 3 rings (SSSR count). The minimum absolute atomic E-state index is 0. The first-order valence-electron chi connectivity index (χ1n) is 9.48. The average Bonchev–Trinajstić information content (AvgIpc) is 3.24. The van der Waals surface area contributed by atoms with E-state index in [0.29, 0.717) is 13.1 Å². The van der Waals surface area contributed by atoms with Crippen molar-refractivity contribution in [2.24, 2.45) is 4.99 Å². The van der Waals surface area contributed by atoms with Gasteiger partial charge in [-0.05, 0) is 48.1 Å². The van der Waals surface area contributed by atoms with Gasteiger partial charge in [-0.2, -0.15) is 5.10 Å². The largest absolute Gasteiger partial charge is 0.357 e. The number of hydrogen-bond donors (Lipinski definition) is 2. The summed E-state index contributed by atoms with van der Waals surface area (Å²) >= 11 is 1.75. The van der Waals surface area contributed by atoms with E-state index in [2.05, 4.69) is 77.4 Å². The van der Waals surface area contributed by atoms with Gasteiger partial charge in [0.2, 0.25) is 0 Å². The fraction of sp³-hybridized carbons (Fsp3) is 0.273. The fourth-order valence-electron chi connectivity index (χ4n) is 2.87. The van der Waals surface area contributed by atoms with Crippen LogP contribution < -0.4 is 10.6 Å². The van der Waals surface area contributed by atoms with E-state index in [0.717, 1.165) is 19.0 Å². The average molecular weight is 521 g/mol. The summed E-state index contributed by atoms with van der Waals surface area (Å²) in [6, 6.07) is 18.9. The molecule has 0 saturated heterocycles. The number of aliphatic imine (C=N–C) groups is 1. The highest BCUT2D eigenvalue weighted by molar-refractivity contribution is 14.0. The smallest absolute Gasteiger partial charge is 0.191 e. The third kappa shape index (κ3) is 7.40. The van der Waals surface area contributed by atoms with Crippen LogP contribution in [-0.2, 0) is 19.6 Å². The Hall–Kier alpha value is -2.00. The van der Waals surface area contributed by atoms with Crippen molar-refractivity contribution in [3.8, 4) is 0 Å². The van der Waals surface area contributed by atoms with E-state index in [-0.39, 0.29) is 24.0 Å². The van der Waals surface area contributed by atoms with E-state index in [4.69, 9.17) is 4.99 Å². The second kappa shape index (κ2) is 12.5. The van der Waals surface area contributed by atoms with Crippen LogP contribution in [0.4, 0.5) is 0 Å². The maximum Gasteiger partial charge on any atom is 0.191 e. The van der Waals surface area contributed by atoms with Crippen molar-refractivity contribution in [3.05, 3.63) is 83.7 Å². The standard InChI is InChI=1S/C22H27N5S.HI/c1-3-23-22(24-15-18-9-11-21(28-2)12-10-18)25-16-19-7-4-5-8-20(19)17-27-14-6-13-26-27;/h4-14H,3,15-17H2,1-2H3,(H2,23,24,25);1H. The summed E-state index contributed by atoms with van der Waals surface area (Å²) in [7, 11) is 0. The first-order chi connectivity index (χ1) is 13.8. The Balaban J connectivity index is 0.00000300. The van der Waals surface area contributed by atoms with Gasteiger partial charge in [0.25, 0.3) is 0 Å². The summed E-state index contributed by atoms with van der Waals surface area (Å²) in [6.07, 6.45) is 5.88. The minimum atomic E-state index is 0. The van der Waals surface area contributed by atoms with Gasteiger partial charge in [-0.3, -0.25) is 4.68 Å². The SMILES string of the molecule is CCNC(=NCc1ccc(SC)cc1)NCc1ccccc1Cn1cccn1.I. The van der Waals surface area contributed by atoms with Crippen LogP contribution in [0, 0.1) is 0 Å². The molecule has 1 heterocycles. The number of nitrogens with one attached hydrogen (secondary N) is 2. The zero-order valence-electron chi connectivity index (χ0n) is 16.8. The molecule has 7 heteroatoms. The molecule has 0 aliphatic rings. The quantitative estimate of drug-likeness (QED) is 0.198. The Morgan fingerprint density at radius 2 is 1.79 bits per heavy atom. The van der Waals surface area contributed by atoms with E-state index in [1.54, 1.807) is 11.8 Å². The lowest BCUT2D eigenvalue weighted by Gasteiger charge is -2.14. The third-order valence-corrected chi connectivity index (χ3v) is 5.12. The number of hydrogen-bond acceptors (Lipinski definition) is 3. The number of nitrogens with zero attached hydrogens (tertiary/aromatic N) is 3. The Bertz CT molecular complexity index is 878. The molecule has 0 spiro atoms. The van der Waals surface area contributed by atoms with Gasteiger partial charge in [0, 0.05) is 30.4 Å². The molecule has 0 fully saturated rings. The molecule has 0 bridgehead atoms. The van der Waals surface area contributed by atoms with E-state index < -0.39 is 0 Å². The summed E-state index contributed by atoms with van der Waals surface area (Å²) in [5.74, 6) is 0.824. The monoisotopic (exact) mass is 521 g/mol. The molecule has 0 amide bonds. The molecular formula is C22H28IN5S. The molecule has 0 aliphatic heterocycles. The second-order valence-corrected chi connectivity index (χ2v) is 7.25. The highest BCUT2D eigenvalue weighted by atomic mass is 127. The van der Waals surface area contributed by atoms with Crippen LogP contribution in [0.15, 0.2) is 76.9 Å². The molecule has 2 aromatic carbocycles. The highest BCUT2D eigenvalue weighted by Crippen LogP contribution is 2.15. The first kappa shape index (κ1) is 23.3. The molecule has 0 aliphatic carbocycles. The van der Waals surface area contributed by atoms with E-state index >= 15 is 0 Å². The van der Waals surface area contributed by atoms with Crippen LogP contribution in [0.2, 0.25) is 0 Å². The molecule has 29 heavy (non-hydrogen) atoms. The number of halogens is 1. The van der Waals surface area contributed by atoms with Crippen LogP contribution in [0.3, 0.4) is 0 Å². The molecule has 0 unspecified atom stereocenters. The second-order valence-electron chi connectivity index (χ2n) is 6.37. The zero-order valence-corrected chi connectivity index (χ0v) is 20.0. The number of rotatable bonds is 8. The van der Waals surface area contributed by atoms with E-state index in [9.17, 15) is 0 Å². The number of benzene rings is 2.